The van der Waals surface area contributed by atoms with Crippen molar-refractivity contribution >= 4 is 0 Å². The zero-order valence-corrected chi connectivity index (χ0v) is 13.2. The van der Waals surface area contributed by atoms with E-state index in [1.807, 2.05) is 0 Å². The van der Waals surface area contributed by atoms with Crippen molar-refractivity contribution in [1.29, 1.82) is 0 Å². The molecular weight excluding hydrogens is 258 g/mol. The molecule has 3 unspecified atom stereocenters. The van der Waals surface area contributed by atoms with Crippen molar-refractivity contribution in [3.8, 4) is 0 Å². The molecule has 2 heterocycles. The SMILES string of the molecule is CC1CCN(C2CCCN(Cc3ccccc3)C2)CC1N. The van der Waals surface area contributed by atoms with E-state index < -0.39 is 0 Å². The molecule has 2 fully saturated rings. The average Bonchev–Trinajstić information content (AvgIpc) is 2.51. The predicted molar refractivity (Wildman–Crippen MR) is 88.1 cm³/mol. The van der Waals surface area contributed by atoms with Gasteiger partial charge in [0.15, 0.2) is 0 Å². The highest BCUT2D eigenvalue weighted by atomic mass is 15.2. The molecule has 3 nitrogen and oxygen atoms in total. The van der Waals surface area contributed by atoms with Crippen molar-refractivity contribution in [3.63, 3.8) is 0 Å². The van der Waals surface area contributed by atoms with E-state index in [0.717, 1.165) is 13.1 Å². The Morgan fingerprint density at radius 1 is 1.10 bits per heavy atom. The van der Waals surface area contributed by atoms with Crippen molar-refractivity contribution in [2.24, 2.45) is 11.7 Å². The van der Waals surface area contributed by atoms with E-state index in [2.05, 4.69) is 47.1 Å². The maximum absolute atomic E-state index is 6.28. The Bertz CT molecular complexity index is 433. The number of likely N-dealkylation sites (tertiary alicyclic amines) is 2. The van der Waals surface area contributed by atoms with Crippen LogP contribution in [0.2, 0.25) is 0 Å². The number of benzene rings is 1. The normalized spacial score (nSPS) is 32.2. The first-order chi connectivity index (χ1) is 10.2. The summed E-state index contributed by atoms with van der Waals surface area (Å²) < 4.78 is 0. The Balaban J connectivity index is 1.56. The second-order valence-corrected chi connectivity index (χ2v) is 6.94. The van der Waals surface area contributed by atoms with Crippen LogP contribution < -0.4 is 5.73 Å². The van der Waals surface area contributed by atoms with E-state index in [1.54, 1.807) is 0 Å². The van der Waals surface area contributed by atoms with Crippen molar-refractivity contribution in [2.75, 3.05) is 26.2 Å². The molecule has 0 amide bonds. The van der Waals surface area contributed by atoms with Gasteiger partial charge in [-0.05, 0) is 43.8 Å². The summed E-state index contributed by atoms with van der Waals surface area (Å²) in [6.07, 6.45) is 3.92. The van der Waals surface area contributed by atoms with Crippen LogP contribution in [0.25, 0.3) is 0 Å². The first-order valence-electron chi connectivity index (χ1n) is 8.48. The van der Waals surface area contributed by atoms with Crippen LogP contribution in [0.1, 0.15) is 31.7 Å². The Morgan fingerprint density at radius 2 is 1.90 bits per heavy atom. The fraction of sp³-hybridized carbons (Fsp3) is 0.667. The molecule has 1 aromatic carbocycles. The van der Waals surface area contributed by atoms with Crippen LogP contribution in [0.15, 0.2) is 30.3 Å². The highest BCUT2D eigenvalue weighted by Gasteiger charge is 2.30. The zero-order chi connectivity index (χ0) is 14.7. The average molecular weight is 287 g/mol. The van der Waals surface area contributed by atoms with Gasteiger partial charge in [-0.1, -0.05) is 37.3 Å². The second-order valence-electron chi connectivity index (χ2n) is 6.94. The van der Waals surface area contributed by atoms with Crippen molar-refractivity contribution in [2.45, 2.75) is 44.8 Å². The lowest BCUT2D eigenvalue weighted by Crippen LogP contribution is -2.55. The van der Waals surface area contributed by atoms with Gasteiger partial charge < -0.3 is 5.73 Å². The third kappa shape index (κ3) is 3.85. The third-order valence-electron chi connectivity index (χ3n) is 5.29. The lowest BCUT2D eigenvalue weighted by Gasteiger charge is -2.44. The molecule has 2 aliphatic rings. The summed E-state index contributed by atoms with van der Waals surface area (Å²) in [6, 6.07) is 11.9. The summed E-state index contributed by atoms with van der Waals surface area (Å²) in [4.78, 5) is 5.27. The van der Waals surface area contributed by atoms with Gasteiger partial charge in [-0.2, -0.15) is 0 Å². The summed E-state index contributed by atoms with van der Waals surface area (Å²) in [5.41, 5.74) is 7.71. The van der Waals surface area contributed by atoms with E-state index in [9.17, 15) is 0 Å². The van der Waals surface area contributed by atoms with Gasteiger partial charge in [0.25, 0.3) is 0 Å². The van der Waals surface area contributed by atoms with Crippen molar-refractivity contribution in [1.82, 2.24) is 9.80 Å². The molecule has 2 saturated heterocycles. The van der Waals surface area contributed by atoms with Gasteiger partial charge in [0.2, 0.25) is 0 Å². The first-order valence-corrected chi connectivity index (χ1v) is 8.48. The number of piperidine rings is 2. The van der Waals surface area contributed by atoms with Gasteiger partial charge in [0.05, 0.1) is 0 Å². The molecule has 0 radical (unpaired) electrons. The van der Waals surface area contributed by atoms with Crippen LogP contribution in [0, 0.1) is 5.92 Å². The number of nitrogens with two attached hydrogens (primary N) is 1. The molecule has 0 aromatic heterocycles. The van der Waals surface area contributed by atoms with E-state index in [-0.39, 0.29) is 0 Å². The highest BCUT2D eigenvalue weighted by Crippen LogP contribution is 2.23. The van der Waals surface area contributed by atoms with E-state index in [4.69, 9.17) is 5.73 Å². The van der Waals surface area contributed by atoms with Crippen LogP contribution in [-0.2, 0) is 6.54 Å². The summed E-state index contributed by atoms with van der Waals surface area (Å²) in [7, 11) is 0. The number of nitrogens with zero attached hydrogens (tertiary/aromatic N) is 2. The van der Waals surface area contributed by atoms with Gasteiger partial charge in [0.1, 0.15) is 0 Å². The molecule has 2 N–H and O–H groups in total. The Morgan fingerprint density at radius 3 is 2.67 bits per heavy atom. The number of rotatable bonds is 3. The van der Waals surface area contributed by atoms with Crippen LogP contribution in [-0.4, -0.2) is 48.1 Å². The third-order valence-corrected chi connectivity index (χ3v) is 5.29. The van der Waals surface area contributed by atoms with Gasteiger partial charge in [-0.3, -0.25) is 9.80 Å². The summed E-state index contributed by atoms with van der Waals surface area (Å²) >= 11 is 0. The fourth-order valence-electron chi connectivity index (χ4n) is 3.77. The summed E-state index contributed by atoms with van der Waals surface area (Å²) in [6.45, 7) is 8.15. The molecule has 116 valence electrons. The monoisotopic (exact) mass is 287 g/mol. The number of hydrogen-bond donors (Lipinski definition) is 1. The zero-order valence-electron chi connectivity index (χ0n) is 13.2. The molecule has 3 rings (SSSR count). The molecule has 3 heteroatoms. The Hall–Kier alpha value is -0.900. The molecule has 21 heavy (non-hydrogen) atoms. The smallest absolute Gasteiger partial charge is 0.0234 e. The number of hydrogen-bond acceptors (Lipinski definition) is 3. The van der Waals surface area contributed by atoms with E-state index in [0.29, 0.717) is 18.0 Å². The fourth-order valence-corrected chi connectivity index (χ4v) is 3.77. The lowest BCUT2D eigenvalue weighted by atomic mass is 9.91. The predicted octanol–water partition coefficient (Wildman–Crippen LogP) is 2.32. The second kappa shape index (κ2) is 6.91. The molecule has 0 bridgehead atoms. The van der Waals surface area contributed by atoms with Gasteiger partial charge >= 0.3 is 0 Å². The molecule has 0 aliphatic carbocycles. The van der Waals surface area contributed by atoms with Gasteiger partial charge in [-0.15, -0.1) is 0 Å². The lowest BCUT2D eigenvalue weighted by molar-refractivity contribution is 0.0600. The maximum atomic E-state index is 6.28. The largest absolute Gasteiger partial charge is 0.326 e. The van der Waals surface area contributed by atoms with Crippen molar-refractivity contribution in [3.05, 3.63) is 35.9 Å². The van der Waals surface area contributed by atoms with Gasteiger partial charge in [0, 0.05) is 31.7 Å². The molecular formula is C18H29N3. The van der Waals surface area contributed by atoms with Gasteiger partial charge in [-0.25, -0.2) is 0 Å². The molecule has 2 aliphatic heterocycles. The van der Waals surface area contributed by atoms with E-state index >= 15 is 0 Å². The molecule has 0 spiro atoms. The topological polar surface area (TPSA) is 32.5 Å². The highest BCUT2D eigenvalue weighted by molar-refractivity contribution is 5.14. The van der Waals surface area contributed by atoms with Crippen LogP contribution in [0.5, 0.6) is 0 Å². The summed E-state index contributed by atoms with van der Waals surface area (Å²) in [5, 5.41) is 0. The van der Waals surface area contributed by atoms with Crippen LogP contribution in [0.4, 0.5) is 0 Å². The molecule has 1 aromatic rings. The quantitative estimate of drug-likeness (QED) is 0.926. The summed E-state index contributed by atoms with van der Waals surface area (Å²) in [5.74, 6) is 0.685. The van der Waals surface area contributed by atoms with Crippen molar-refractivity contribution < 1.29 is 0 Å². The van der Waals surface area contributed by atoms with Crippen LogP contribution >= 0.6 is 0 Å². The van der Waals surface area contributed by atoms with Crippen LogP contribution in [0.3, 0.4) is 0 Å². The Kier molecular flexibility index (Phi) is 4.94. The maximum Gasteiger partial charge on any atom is 0.0234 e. The minimum atomic E-state index is 0.364. The minimum absolute atomic E-state index is 0.364. The standard InChI is InChI=1S/C18H29N3/c1-15-9-11-21(14-18(15)19)17-8-5-10-20(13-17)12-16-6-3-2-4-7-16/h2-4,6-7,15,17-18H,5,8-14,19H2,1H3. The van der Waals surface area contributed by atoms with E-state index in [1.165, 1.54) is 44.5 Å². The molecule has 3 atom stereocenters. The minimum Gasteiger partial charge on any atom is -0.326 e. The first kappa shape index (κ1) is 15.0. The Labute approximate surface area is 129 Å². The molecule has 0 saturated carbocycles.